The molecule has 24 heavy (non-hydrogen) atoms. The van der Waals surface area contributed by atoms with E-state index in [0.717, 1.165) is 23.7 Å². The average Bonchev–Trinajstić information content (AvgIpc) is 3.11. The van der Waals surface area contributed by atoms with Crippen molar-refractivity contribution < 1.29 is 9.59 Å². The van der Waals surface area contributed by atoms with Crippen molar-refractivity contribution in [3.63, 3.8) is 0 Å². The third kappa shape index (κ3) is 3.76. The van der Waals surface area contributed by atoms with Crippen LogP contribution in [0.25, 0.3) is 5.82 Å². The molecule has 0 aromatic carbocycles. The van der Waals surface area contributed by atoms with Gasteiger partial charge in [-0.05, 0) is 32.0 Å². The van der Waals surface area contributed by atoms with Gasteiger partial charge in [0.25, 0.3) is 5.24 Å². The van der Waals surface area contributed by atoms with E-state index in [-0.39, 0.29) is 17.6 Å². The number of aromatic nitrogens is 3. The first-order valence-corrected chi connectivity index (χ1v) is 8.73. The Morgan fingerprint density at radius 1 is 1.38 bits per heavy atom. The van der Waals surface area contributed by atoms with Crippen LogP contribution in [0.4, 0.5) is 10.5 Å². The number of aryl methyl sites for hydroxylation is 2. The van der Waals surface area contributed by atoms with E-state index in [0.29, 0.717) is 18.1 Å². The van der Waals surface area contributed by atoms with Gasteiger partial charge in [-0.15, -0.1) is 0 Å². The minimum Gasteiger partial charge on any atom is -0.332 e. The van der Waals surface area contributed by atoms with Crippen molar-refractivity contribution in [2.75, 3.05) is 24.2 Å². The molecule has 8 heteroatoms. The Balaban J connectivity index is 1.56. The van der Waals surface area contributed by atoms with Crippen LogP contribution in [0.2, 0.25) is 0 Å². The number of rotatable bonds is 5. The zero-order valence-electron chi connectivity index (χ0n) is 13.7. The first kappa shape index (κ1) is 16.5. The van der Waals surface area contributed by atoms with Gasteiger partial charge < -0.3 is 10.2 Å². The lowest BCUT2D eigenvalue weighted by atomic mass is 10.3. The van der Waals surface area contributed by atoms with Crippen molar-refractivity contribution in [3.8, 4) is 5.82 Å². The van der Waals surface area contributed by atoms with Crippen LogP contribution in [-0.2, 0) is 4.79 Å². The predicted molar refractivity (Wildman–Crippen MR) is 93.5 cm³/mol. The van der Waals surface area contributed by atoms with E-state index < -0.39 is 0 Å². The van der Waals surface area contributed by atoms with E-state index in [9.17, 15) is 9.59 Å². The monoisotopic (exact) mass is 345 g/mol. The number of carbonyl (C=O) groups is 2. The van der Waals surface area contributed by atoms with Gasteiger partial charge >= 0.3 is 0 Å². The molecule has 3 rings (SSSR count). The van der Waals surface area contributed by atoms with Crippen LogP contribution < -0.4 is 5.32 Å². The van der Waals surface area contributed by atoms with Crippen molar-refractivity contribution in [3.05, 3.63) is 35.8 Å². The second-order valence-electron chi connectivity index (χ2n) is 5.64. The van der Waals surface area contributed by atoms with Crippen LogP contribution in [-0.4, -0.2) is 49.7 Å². The molecule has 0 radical (unpaired) electrons. The fourth-order valence-corrected chi connectivity index (χ4v) is 3.39. The largest absolute Gasteiger partial charge is 0.332 e. The third-order valence-electron chi connectivity index (χ3n) is 3.71. The smallest absolute Gasteiger partial charge is 0.281 e. The molecule has 0 bridgehead atoms. The molecule has 1 aliphatic heterocycles. The van der Waals surface area contributed by atoms with Crippen LogP contribution in [0.3, 0.4) is 0 Å². The molecule has 3 heterocycles. The van der Waals surface area contributed by atoms with E-state index in [1.54, 1.807) is 21.8 Å². The maximum absolute atomic E-state index is 12.0. The number of nitrogens with one attached hydrogen (secondary N) is 1. The minimum absolute atomic E-state index is 0.0544. The Bertz CT molecular complexity index is 756. The van der Waals surface area contributed by atoms with E-state index >= 15 is 0 Å². The molecule has 1 fully saturated rings. The number of carbonyl (C=O) groups excluding carboxylic acids is 2. The number of amides is 2. The summed E-state index contributed by atoms with van der Waals surface area (Å²) in [5, 5.41) is 7.24. The fraction of sp³-hybridized carbons (Fsp3) is 0.375. The topological polar surface area (TPSA) is 80.1 Å². The van der Waals surface area contributed by atoms with Crippen molar-refractivity contribution in [2.45, 2.75) is 20.3 Å². The van der Waals surface area contributed by atoms with Crippen molar-refractivity contribution in [2.24, 2.45) is 0 Å². The van der Waals surface area contributed by atoms with E-state index in [1.807, 2.05) is 26.0 Å². The number of anilines is 1. The van der Waals surface area contributed by atoms with Crippen LogP contribution >= 0.6 is 11.8 Å². The third-order valence-corrected chi connectivity index (χ3v) is 4.60. The molecule has 7 nitrogen and oxygen atoms in total. The lowest BCUT2D eigenvalue weighted by Crippen LogP contribution is -2.27. The van der Waals surface area contributed by atoms with Gasteiger partial charge in [-0.3, -0.25) is 9.59 Å². The first-order chi connectivity index (χ1) is 11.5. The normalized spacial score (nSPS) is 14.2. The second-order valence-corrected chi connectivity index (χ2v) is 6.69. The number of hydrogen-bond acceptors (Lipinski definition) is 5. The molecule has 2 amide bonds. The highest BCUT2D eigenvalue weighted by molar-refractivity contribution is 8.13. The Labute approximate surface area is 144 Å². The molecule has 2 aromatic rings. The van der Waals surface area contributed by atoms with E-state index in [1.165, 1.54) is 11.8 Å². The van der Waals surface area contributed by atoms with Crippen molar-refractivity contribution in [1.29, 1.82) is 0 Å². The minimum atomic E-state index is -0.125. The highest BCUT2D eigenvalue weighted by Gasteiger charge is 2.21. The summed E-state index contributed by atoms with van der Waals surface area (Å²) < 4.78 is 1.76. The van der Waals surface area contributed by atoms with Crippen LogP contribution in [0.15, 0.2) is 24.4 Å². The Morgan fingerprint density at radius 3 is 2.79 bits per heavy atom. The predicted octanol–water partition coefficient (Wildman–Crippen LogP) is 2.38. The average molecular weight is 345 g/mol. The second kappa shape index (κ2) is 7.04. The fourth-order valence-electron chi connectivity index (χ4n) is 2.53. The van der Waals surface area contributed by atoms with Crippen LogP contribution in [0.1, 0.15) is 17.8 Å². The standard InChI is InChI=1S/C16H19N5O2S/c1-11-9-12(2)21(19-11)14-4-3-13(10-17-14)18-15(22)5-6-20-7-8-24-16(20)23/h3-4,9-10H,5-8H2,1-2H3,(H,18,22). The molecule has 126 valence electrons. The molecule has 0 unspecified atom stereocenters. The van der Waals surface area contributed by atoms with Crippen molar-refractivity contribution in [1.82, 2.24) is 19.7 Å². The summed E-state index contributed by atoms with van der Waals surface area (Å²) >= 11 is 1.30. The van der Waals surface area contributed by atoms with E-state index in [2.05, 4.69) is 15.4 Å². The quantitative estimate of drug-likeness (QED) is 0.900. The van der Waals surface area contributed by atoms with Gasteiger partial charge in [0, 0.05) is 31.0 Å². The Hall–Kier alpha value is -2.35. The summed E-state index contributed by atoms with van der Waals surface area (Å²) in [6.07, 6.45) is 1.89. The highest BCUT2D eigenvalue weighted by atomic mass is 32.2. The van der Waals surface area contributed by atoms with Gasteiger partial charge in [0.05, 0.1) is 17.6 Å². The zero-order chi connectivity index (χ0) is 17.1. The van der Waals surface area contributed by atoms with Gasteiger partial charge in [-0.2, -0.15) is 5.10 Å². The van der Waals surface area contributed by atoms with Gasteiger partial charge in [0.15, 0.2) is 5.82 Å². The summed E-state index contributed by atoms with van der Waals surface area (Å²) in [7, 11) is 0. The summed E-state index contributed by atoms with van der Waals surface area (Å²) in [5.41, 5.74) is 2.57. The number of hydrogen-bond donors (Lipinski definition) is 1. The maximum atomic E-state index is 12.0. The summed E-state index contributed by atoms with van der Waals surface area (Å²) in [5.74, 6) is 1.39. The van der Waals surface area contributed by atoms with Crippen molar-refractivity contribution >= 4 is 28.6 Å². The maximum Gasteiger partial charge on any atom is 0.281 e. The summed E-state index contributed by atoms with van der Waals surface area (Å²) in [6, 6.07) is 5.60. The SMILES string of the molecule is Cc1cc(C)n(-c2ccc(NC(=O)CCN3CCSC3=O)cn2)n1. The molecular formula is C16H19N5O2S. The van der Waals surface area contributed by atoms with Crippen LogP contribution in [0, 0.1) is 13.8 Å². The van der Waals surface area contributed by atoms with Gasteiger partial charge in [-0.25, -0.2) is 9.67 Å². The molecule has 0 saturated carbocycles. The number of pyridine rings is 1. The summed E-state index contributed by atoms with van der Waals surface area (Å²) in [4.78, 5) is 29.5. The van der Waals surface area contributed by atoms with Crippen LogP contribution in [0.5, 0.6) is 0 Å². The molecule has 1 N–H and O–H groups in total. The number of thioether (sulfide) groups is 1. The van der Waals surface area contributed by atoms with Gasteiger partial charge in [0.1, 0.15) is 0 Å². The lowest BCUT2D eigenvalue weighted by Gasteiger charge is -2.14. The van der Waals surface area contributed by atoms with E-state index in [4.69, 9.17) is 0 Å². The van der Waals surface area contributed by atoms with Gasteiger partial charge in [0.2, 0.25) is 5.91 Å². The highest BCUT2D eigenvalue weighted by Crippen LogP contribution is 2.17. The molecule has 0 spiro atoms. The zero-order valence-corrected chi connectivity index (χ0v) is 14.5. The number of nitrogens with zero attached hydrogens (tertiary/aromatic N) is 4. The molecule has 0 aliphatic carbocycles. The Morgan fingerprint density at radius 2 is 2.21 bits per heavy atom. The Kier molecular flexibility index (Phi) is 4.84. The molecule has 0 atom stereocenters. The molecule has 1 saturated heterocycles. The molecular weight excluding hydrogens is 326 g/mol. The first-order valence-electron chi connectivity index (χ1n) is 7.74. The lowest BCUT2D eigenvalue weighted by molar-refractivity contribution is -0.116. The molecule has 2 aromatic heterocycles. The van der Waals surface area contributed by atoms with Gasteiger partial charge in [-0.1, -0.05) is 11.8 Å². The summed E-state index contributed by atoms with van der Waals surface area (Å²) in [6.45, 7) is 5.07. The molecule has 1 aliphatic rings.